The highest BCUT2D eigenvalue weighted by Crippen LogP contribution is 2.43. The van der Waals surface area contributed by atoms with Gasteiger partial charge in [0, 0.05) is 69.7 Å². The third-order valence-electron chi connectivity index (χ3n) is 7.54. The Kier molecular flexibility index (Phi) is 7.61. The summed E-state index contributed by atoms with van der Waals surface area (Å²) in [5, 5.41) is 5.44. The van der Waals surface area contributed by atoms with E-state index < -0.39 is 0 Å². The monoisotopic (exact) mass is 447 g/mol. The lowest BCUT2D eigenvalue weighted by atomic mass is 9.69. The number of nitrogens with zero attached hydrogens (tertiary/aromatic N) is 4. The molecule has 2 aliphatic heterocycles. The highest BCUT2D eigenvalue weighted by molar-refractivity contribution is 7.13. The van der Waals surface area contributed by atoms with Gasteiger partial charge in [-0.15, -0.1) is 11.3 Å². The van der Waals surface area contributed by atoms with E-state index in [1.165, 1.54) is 17.8 Å². The summed E-state index contributed by atoms with van der Waals surface area (Å²) in [5.74, 6) is 0.247. The number of hydrogen-bond donors (Lipinski definition) is 1. The zero-order valence-corrected chi connectivity index (χ0v) is 19.7. The first-order valence-electron chi connectivity index (χ1n) is 12.0. The molecule has 1 unspecified atom stereocenters. The van der Waals surface area contributed by atoms with E-state index >= 15 is 0 Å². The molecule has 2 amide bonds. The average molecular weight is 448 g/mol. The Morgan fingerprint density at radius 2 is 1.90 bits per heavy atom. The van der Waals surface area contributed by atoms with E-state index in [1.54, 1.807) is 6.20 Å². The van der Waals surface area contributed by atoms with Gasteiger partial charge in [-0.3, -0.25) is 14.5 Å². The summed E-state index contributed by atoms with van der Waals surface area (Å²) in [6, 6.07) is 0.499. The van der Waals surface area contributed by atoms with Crippen LogP contribution in [0, 0.1) is 5.41 Å². The van der Waals surface area contributed by atoms with E-state index in [9.17, 15) is 9.59 Å². The molecular weight excluding hydrogens is 410 g/mol. The van der Waals surface area contributed by atoms with Gasteiger partial charge in [0.1, 0.15) is 0 Å². The van der Waals surface area contributed by atoms with Gasteiger partial charge < -0.3 is 15.1 Å². The third-order valence-corrected chi connectivity index (χ3v) is 8.23. The number of carbonyl (C=O) groups excluding carboxylic acids is 2. The van der Waals surface area contributed by atoms with Gasteiger partial charge in [-0.2, -0.15) is 0 Å². The van der Waals surface area contributed by atoms with E-state index in [0.717, 1.165) is 77.9 Å². The number of thiazole rings is 1. The van der Waals surface area contributed by atoms with Gasteiger partial charge in [-0.1, -0.05) is 26.2 Å². The summed E-state index contributed by atoms with van der Waals surface area (Å²) >= 11 is 1.44. The molecule has 31 heavy (non-hydrogen) atoms. The minimum absolute atomic E-state index is 0.00209. The van der Waals surface area contributed by atoms with Crippen molar-refractivity contribution in [3.05, 3.63) is 11.6 Å². The van der Waals surface area contributed by atoms with Crippen LogP contribution in [-0.4, -0.2) is 83.4 Å². The molecule has 1 N–H and O–H groups in total. The van der Waals surface area contributed by atoms with Crippen molar-refractivity contribution in [2.75, 3.05) is 51.1 Å². The number of piperazine rings is 1. The normalized spacial score (nSPS) is 24.9. The minimum Gasteiger partial charge on any atom is -0.341 e. The lowest BCUT2D eigenvalue weighted by Gasteiger charge is -2.38. The molecule has 3 heterocycles. The molecule has 172 valence electrons. The molecule has 0 spiro atoms. The largest absolute Gasteiger partial charge is 0.341 e. The van der Waals surface area contributed by atoms with Crippen molar-refractivity contribution in [2.45, 2.75) is 64.3 Å². The Morgan fingerprint density at radius 1 is 1.13 bits per heavy atom. The number of anilines is 1. The van der Waals surface area contributed by atoms with Crippen molar-refractivity contribution < 1.29 is 9.59 Å². The number of hydrogen-bond acceptors (Lipinski definition) is 6. The van der Waals surface area contributed by atoms with Crippen molar-refractivity contribution in [2.24, 2.45) is 5.41 Å². The van der Waals surface area contributed by atoms with Crippen LogP contribution in [0.5, 0.6) is 0 Å². The summed E-state index contributed by atoms with van der Waals surface area (Å²) in [7, 11) is 0. The van der Waals surface area contributed by atoms with E-state index in [4.69, 9.17) is 0 Å². The van der Waals surface area contributed by atoms with E-state index in [-0.39, 0.29) is 17.2 Å². The molecule has 8 heteroatoms. The molecule has 2 saturated heterocycles. The van der Waals surface area contributed by atoms with Crippen molar-refractivity contribution in [3.8, 4) is 0 Å². The molecule has 1 aromatic heterocycles. The number of likely N-dealkylation sites (tertiary alicyclic amines) is 1. The summed E-state index contributed by atoms with van der Waals surface area (Å²) in [6.45, 7) is 9.57. The molecule has 1 saturated carbocycles. The third kappa shape index (κ3) is 5.84. The maximum absolute atomic E-state index is 13.3. The van der Waals surface area contributed by atoms with Crippen molar-refractivity contribution in [1.82, 2.24) is 19.7 Å². The molecule has 7 nitrogen and oxygen atoms in total. The van der Waals surface area contributed by atoms with Crippen molar-refractivity contribution in [1.29, 1.82) is 0 Å². The minimum atomic E-state index is -0.193. The summed E-state index contributed by atoms with van der Waals surface area (Å²) < 4.78 is 0. The van der Waals surface area contributed by atoms with Gasteiger partial charge in [-0.05, 0) is 31.2 Å². The van der Waals surface area contributed by atoms with Crippen LogP contribution in [0.15, 0.2) is 11.6 Å². The van der Waals surface area contributed by atoms with Crippen LogP contribution in [0.1, 0.15) is 58.3 Å². The molecule has 0 aromatic carbocycles. The van der Waals surface area contributed by atoms with Gasteiger partial charge in [0.25, 0.3) is 0 Å². The van der Waals surface area contributed by atoms with Crippen LogP contribution in [0.25, 0.3) is 0 Å². The predicted octanol–water partition coefficient (Wildman–Crippen LogP) is 3.05. The fourth-order valence-corrected chi connectivity index (χ4v) is 6.20. The Hall–Kier alpha value is -1.51. The maximum Gasteiger partial charge on any atom is 0.226 e. The lowest BCUT2D eigenvalue weighted by molar-refractivity contribution is -0.134. The van der Waals surface area contributed by atoms with Crippen molar-refractivity contribution in [3.63, 3.8) is 0 Å². The van der Waals surface area contributed by atoms with Crippen LogP contribution < -0.4 is 5.32 Å². The topological polar surface area (TPSA) is 68.8 Å². The molecule has 1 aromatic rings. The number of likely N-dealkylation sites (N-methyl/N-ethyl adjacent to an activating group) is 1. The molecule has 3 fully saturated rings. The van der Waals surface area contributed by atoms with E-state index in [2.05, 4.69) is 31.9 Å². The number of nitrogens with one attached hydrogen (secondary N) is 1. The van der Waals surface area contributed by atoms with E-state index in [1.807, 2.05) is 5.38 Å². The highest BCUT2D eigenvalue weighted by atomic mass is 32.1. The quantitative estimate of drug-likeness (QED) is 0.696. The zero-order valence-electron chi connectivity index (χ0n) is 18.9. The highest BCUT2D eigenvalue weighted by Gasteiger charge is 2.39. The molecule has 1 aliphatic carbocycles. The lowest BCUT2D eigenvalue weighted by Crippen LogP contribution is -2.51. The van der Waals surface area contributed by atoms with Gasteiger partial charge >= 0.3 is 0 Å². The number of aromatic nitrogens is 1. The van der Waals surface area contributed by atoms with Crippen LogP contribution in [0.2, 0.25) is 0 Å². The first kappa shape index (κ1) is 22.7. The fraction of sp³-hybridized carbons (Fsp3) is 0.783. The number of carbonyl (C=O) groups is 2. The maximum atomic E-state index is 13.3. The summed E-state index contributed by atoms with van der Waals surface area (Å²) in [5.41, 5.74) is -0.193. The molecule has 3 aliphatic rings. The predicted molar refractivity (Wildman–Crippen MR) is 124 cm³/mol. The number of amides is 2. The van der Waals surface area contributed by atoms with Gasteiger partial charge in [0.2, 0.25) is 11.8 Å². The second kappa shape index (κ2) is 10.4. The Morgan fingerprint density at radius 3 is 2.58 bits per heavy atom. The average Bonchev–Trinajstić information content (AvgIpc) is 3.46. The molecule has 1 atom stereocenters. The van der Waals surface area contributed by atoms with E-state index in [0.29, 0.717) is 24.0 Å². The smallest absolute Gasteiger partial charge is 0.226 e. The first-order valence-corrected chi connectivity index (χ1v) is 12.9. The number of rotatable bonds is 7. The van der Waals surface area contributed by atoms with Crippen LogP contribution in [0.4, 0.5) is 5.13 Å². The molecular formula is C23H37N5O2S. The Balaban J connectivity index is 1.32. The first-order chi connectivity index (χ1) is 15.1. The standard InChI is InChI=1S/C23H37N5O2S/c1-2-26-11-13-27(14-12-26)19-6-10-28(18-19)21(30)17-23(7-4-3-5-8-23)16-20(29)25-22-24-9-15-31-22/h9,15,19H,2-8,10-14,16-18H2,1H3,(H,24,25,29). The SMILES string of the molecule is CCN1CCN(C2CCN(C(=O)CC3(CC(=O)Nc4nccs4)CCCCC3)C2)CC1. The van der Waals surface area contributed by atoms with Crippen molar-refractivity contribution >= 4 is 28.3 Å². The van der Waals surface area contributed by atoms with Gasteiger partial charge in [0.15, 0.2) is 5.13 Å². The zero-order chi connectivity index (χ0) is 21.7. The van der Waals surface area contributed by atoms with Crippen LogP contribution in [0.3, 0.4) is 0 Å². The molecule has 4 rings (SSSR count). The second-order valence-corrected chi connectivity index (χ2v) is 10.4. The Bertz CT molecular complexity index is 726. The summed E-state index contributed by atoms with van der Waals surface area (Å²) in [4.78, 5) is 37.3. The van der Waals surface area contributed by atoms with Crippen LogP contribution in [-0.2, 0) is 9.59 Å². The Labute approximate surface area is 190 Å². The molecule has 0 radical (unpaired) electrons. The van der Waals surface area contributed by atoms with Gasteiger partial charge in [0.05, 0.1) is 0 Å². The summed E-state index contributed by atoms with van der Waals surface area (Å²) in [6.07, 6.45) is 9.09. The van der Waals surface area contributed by atoms with Gasteiger partial charge in [-0.25, -0.2) is 4.98 Å². The van der Waals surface area contributed by atoms with Crippen LogP contribution >= 0.6 is 11.3 Å². The fourth-order valence-electron chi connectivity index (χ4n) is 5.65. The second-order valence-electron chi connectivity index (χ2n) is 9.55. The molecule has 0 bridgehead atoms.